The van der Waals surface area contributed by atoms with Crippen LogP contribution >= 0.6 is 0 Å². The van der Waals surface area contributed by atoms with Gasteiger partial charge in [-0.2, -0.15) is 4.98 Å². The zero-order valence-electron chi connectivity index (χ0n) is 27.8. The van der Waals surface area contributed by atoms with Crippen LogP contribution in [-0.2, 0) is 20.7 Å². The van der Waals surface area contributed by atoms with Gasteiger partial charge >= 0.3 is 6.09 Å². The third kappa shape index (κ3) is 7.33. The molecule has 2 amide bonds. The van der Waals surface area contributed by atoms with E-state index >= 15 is 0 Å². The van der Waals surface area contributed by atoms with Crippen LogP contribution in [0.2, 0.25) is 0 Å². The first-order valence-corrected chi connectivity index (χ1v) is 16.7. The number of aromatic nitrogens is 1. The molecule has 0 radical (unpaired) electrons. The molecule has 0 spiro atoms. The van der Waals surface area contributed by atoms with Crippen molar-refractivity contribution in [1.82, 2.24) is 19.7 Å². The molecule has 6 rings (SSSR count). The predicted molar refractivity (Wildman–Crippen MR) is 175 cm³/mol. The summed E-state index contributed by atoms with van der Waals surface area (Å²) < 4.78 is 31.2. The average molecular weight is 655 g/mol. The number of fused-ring (bicyclic) bond motifs is 1. The molecule has 0 aliphatic carbocycles. The number of carboxylic acid groups (broad SMARTS) is 1. The van der Waals surface area contributed by atoms with Crippen molar-refractivity contribution < 1.29 is 33.3 Å². The Morgan fingerprint density at radius 1 is 0.936 bits per heavy atom. The largest absolute Gasteiger partial charge is 0.474 e. The summed E-state index contributed by atoms with van der Waals surface area (Å²) >= 11 is 0. The van der Waals surface area contributed by atoms with E-state index < -0.39 is 6.09 Å². The summed E-state index contributed by atoms with van der Waals surface area (Å²) in [5.74, 6) is 0.821. The topological polar surface area (TPSA) is 111 Å². The lowest BCUT2D eigenvalue weighted by Gasteiger charge is -2.48. The molecule has 0 unspecified atom stereocenters. The number of ether oxygens (including phenoxy) is 3. The number of hydrogen-bond acceptors (Lipinski definition) is 9. The van der Waals surface area contributed by atoms with Crippen LogP contribution in [0.4, 0.5) is 20.7 Å². The fourth-order valence-corrected chi connectivity index (χ4v) is 7.32. The smallest absolute Gasteiger partial charge is 0.407 e. The molecule has 13 heteroatoms. The lowest BCUT2D eigenvalue weighted by atomic mass is 10.0. The Hall–Kier alpha value is -3.52. The van der Waals surface area contributed by atoms with Crippen molar-refractivity contribution in [2.75, 3.05) is 82.1 Å². The van der Waals surface area contributed by atoms with Gasteiger partial charge < -0.3 is 34.0 Å². The molecule has 256 valence electrons. The summed E-state index contributed by atoms with van der Waals surface area (Å²) in [6.07, 6.45) is -0.431. The minimum Gasteiger partial charge on any atom is -0.474 e. The van der Waals surface area contributed by atoms with E-state index in [1.807, 2.05) is 19.9 Å². The molecule has 0 saturated carbocycles. The molecule has 1 aromatic heterocycles. The molecule has 5 atom stereocenters. The van der Waals surface area contributed by atoms with Gasteiger partial charge in [-0.3, -0.25) is 14.6 Å². The molecule has 3 fully saturated rings. The lowest BCUT2D eigenvalue weighted by molar-refractivity contribution is -0.122. The Labute approximate surface area is 276 Å². The molecule has 47 heavy (non-hydrogen) atoms. The lowest BCUT2D eigenvalue weighted by Crippen LogP contribution is -2.65. The molecule has 2 aromatic rings. The van der Waals surface area contributed by atoms with Gasteiger partial charge in [-0.25, -0.2) is 9.18 Å². The third-order valence-electron chi connectivity index (χ3n) is 9.88. The molecule has 4 aliphatic heterocycles. The van der Waals surface area contributed by atoms with Crippen molar-refractivity contribution in [2.24, 2.45) is 0 Å². The molecule has 1 N–H and O–H groups in total. The summed E-state index contributed by atoms with van der Waals surface area (Å²) in [6.45, 7) is 13.8. The second-order valence-electron chi connectivity index (χ2n) is 13.4. The number of hydrogen-bond donors (Lipinski definition) is 1. The van der Waals surface area contributed by atoms with E-state index in [0.717, 1.165) is 16.9 Å². The highest BCUT2D eigenvalue weighted by molar-refractivity contribution is 5.97. The summed E-state index contributed by atoms with van der Waals surface area (Å²) in [6, 6.07) is 8.17. The van der Waals surface area contributed by atoms with Crippen molar-refractivity contribution in [3.8, 4) is 5.88 Å². The van der Waals surface area contributed by atoms with Gasteiger partial charge in [0.05, 0.1) is 39.0 Å². The number of rotatable bonds is 7. The summed E-state index contributed by atoms with van der Waals surface area (Å²) in [5, 5.41) is 9.96. The van der Waals surface area contributed by atoms with E-state index in [0.29, 0.717) is 83.7 Å². The van der Waals surface area contributed by atoms with Crippen LogP contribution in [0.1, 0.15) is 38.8 Å². The summed E-state index contributed by atoms with van der Waals surface area (Å²) in [5.41, 5.74) is 2.47. The maximum Gasteiger partial charge on any atom is 0.407 e. The highest BCUT2D eigenvalue weighted by Gasteiger charge is 2.40. The molecular weight excluding hydrogens is 607 g/mol. The van der Waals surface area contributed by atoms with Gasteiger partial charge in [-0.1, -0.05) is 12.1 Å². The van der Waals surface area contributed by atoms with E-state index in [9.17, 15) is 19.1 Å². The van der Waals surface area contributed by atoms with Crippen LogP contribution in [0.15, 0.2) is 30.3 Å². The standard InChI is InChI=1S/C34H47FN6O6/c1-22-15-38(29(17-40(22)34(43)44)16-39-23(2)19-46-20-24(39)3)18-31(42)41-25(4)21-47-33-30(41)14-27(13-26-5-7-28(35)8-6-26)32(36-33)37-9-11-45-12-10-37/h5-8,14,22-25,29H,9-13,15-21H2,1-4H3,(H,43,44)/t22-,23-,24-,25+,29+/m1/s1. The highest BCUT2D eigenvalue weighted by atomic mass is 19.1. The van der Waals surface area contributed by atoms with Crippen molar-refractivity contribution in [3.05, 3.63) is 47.3 Å². The highest BCUT2D eigenvalue weighted by Crippen LogP contribution is 2.38. The second-order valence-corrected chi connectivity index (χ2v) is 13.4. The van der Waals surface area contributed by atoms with E-state index in [4.69, 9.17) is 19.2 Å². The van der Waals surface area contributed by atoms with E-state index in [-0.39, 0.29) is 48.5 Å². The normalized spacial score (nSPS) is 27.3. The number of piperazine rings is 1. The zero-order chi connectivity index (χ0) is 33.2. The monoisotopic (exact) mass is 654 g/mol. The Morgan fingerprint density at radius 2 is 1.64 bits per heavy atom. The number of carbonyl (C=O) groups is 2. The third-order valence-corrected chi connectivity index (χ3v) is 9.88. The van der Waals surface area contributed by atoms with Gasteiger partial charge in [0.15, 0.2) is 0 Å². The average Bonchev–Trinajstić information content (AvgIpc) is 3.04. The quantitative estimate of drug-likeness (QED) is 0.479. The first kappa shape index (κ1) is 33.4. The van der Waals surface area contributed by atoms with E-state index in [1.54, 1.807) is 17.0 Å². The Balaban J connectivity index is 1.29. The molecule has 12 nitrogen and oxygen atoms in total. The SMILES string of the molecule is C[C@@H]1CN(CC(=O)N2c3cc(Cc4ccc(F)cc4)c(N4CCOCC4)nc3OC[C@@H]2C)[C@@H](CN2[C@H](C)COC[C@H]2C)CN1C(=O)O. The molecule has 3 saturated heterocycles. The second kappa shape index (κ2) is 14.3. The Kier molecular flexibility index (Phi) is 10.2. The first-order valence-electron chi connectivity index (χ1n) is 16.7. The molecule has 0 bridgehead atoms. The van der Waals surface area contributed by atoms with Crippen LogP contribution in [-0.4, -0.2) is 139 Å². The fraction of sp³-hybridized carbons (Fsp3) is 0.618. The number of benzene rings is 1. The number of anilines is 2. The summed E-state index contributed by atoms with van der Waals surface area (Å²) in [4.78, 5) is 41.5. The number of carbonyl (C=O) groups excluding carboxylic acids is 1. The van der Waals surface area contributed by atoms with Gasteiger partial charge in [0.2, 0.25) is 11.8 Å². The number of pyridine rings is 1. The Morgan fingerprint density at radius 3 is 2.32 bits per heavy atom. The molecule has 1 aromatic carbocycles. The van der Waals surface area contributed by atoms with E-state index in [2.05, 4.69) is 28.5 Å². The van der Waals surface area contributed by atoms with Gasteiger partial charge in [0, 0.05) is 68.9 Å². The molecule has 4 aliphatic rings. The maximum absolute atomic E-state index is 14.4. The maximum atomic E-state index is 14.4. The van der Waals surface area contributed by atoms with Crippen LogP contribution in [0.25, 0.3) is 0 Å². The minimum absolute atomic E-state index is 0.0836. The number of halogens is 1. The van der Waals surface area contributed by atoms with Gasteiger partial charge in [0.25, 0.3) is 0 Å². The minimum atomic E-state index is -0.942. The van der Waals surface area contributed by atoms with Crippen LogP contribution in [0.5, 0.6) is 5.88 Å². The molecular formula is C34H47FN6O6. The van der Waals surface area contributed by atoms with Crippen molar-refractivity contribution in [2.45, 2.75) is 64.3 Å². The van der Waals surface area contributed by atoms with Crippen molar-refractivity contribution in [3.63, 3.8) is 0 Å². The van der Waals surface area contributed by atoms with E-state index in [1.165, 1.54) is 17.0 Å². The van der Waals surface area contributed by atoms with Crippen molar-refractivity contribution >= 4 is 23.5 Å². The Bertz CT molecular complexity index is 1410. The number of nitrogens with zero attached hydrogens (tertiary/aromatic N) is 6. The van der Waals surface area contributed by atoms with Gasteiger partial charge in [0.1, 0.15) is 23.9 Å². The van der Waals surface area contributed by atoms with Gasteiger partial charge in [-0.05, 0) is 51.5 Å². The molecule has 5 heterocycles. The van der Waals surface area contributed by atoms with Crippen LogP contribution in [0.3, 0.4) is 0 Å². The summed E-state index contributed by atoms with van der Waals surface area (Å²) in [7, 11) is 0. The number of amides is 2. The first-order chi connectivity index (χ1) is 22.6. The predicted octanol–water partition coefficient (Wildman–Crippen LogP) is 2.92. The number of morpholine rings is 2. The van der Waals surface area contributed by atoms with Crippen molar-refractivity contribution in [1.29, 1.82) is 0 Å². The zero-order valence-corrected chi connectivity index (χ0v) is 27.8. The van der Waals surface area contributed by atoms with Crippen LogP contribution in [0, 0.1) is 5.82 Å². The fourth-order valence-electron chi connectivity index (χ4n) is 7.32. The van der Waals surface area contributed by atoms with Gasteiger partial charge in [-0.15, -0.1) is 0 Å². The van der Waals surface area contributed by atoms with Crippen LogP contribution < -0.4 is 14.5 Å².